The van der Waals surface area contributed by atoms with Crippen LogP contribution in [0.25, 0.3) is 0 Å². The molecule has 1 aliphatic heterocycles. The third-order valence-corrected chi connectivity index (χ3v) is 6.80. The molecule has 1 unspecified atom stereocenters. The van der Waals surface area contributed by atoms with Crippen molar-refractivity contribution in [2.75, 3.05) is 26.2 Å². The van der Waals surface area contributed by atoms with Crippen LogP contribution in [0.3, 0.4) is 0 Å². The Labute approximate surface area is 141 Å². The van der Waals surface area contributed by atoms with Gasteiger partial charge in [0.15, 0.2) is 0 Å². The van der Waals surface area contributed by atoms with Crippen LogP contribution in [0.1, 0.15) is 71.1 Å². The first-order valence-corrected chi connectivity index (χ1v) is 9.88. The Morgan fingerprint density at radius 1 is 0.957 bits per heavy atom. The summed E-state index contributed by atoms with van der Waals surface area (Å²) in [6, 6.07) is 0.801. The average Bonchev–Trinajstić information content (AvgIpc) is 3.10. The summed E-state index contributed by atoms with van der Waals surface area (Å²) in [6.07, 6.45) is 13.1. The number of primary amides is 1. The fraction of sp³-hybridized carbons (Fsp3) is 0.947. The summed E-state index contributed by atoms with van der Waals surface area (Å²) < 4.78 is 0. The summed E-state index contributed by atoms with van der Waals surface area (Å²) in [7, 11) is 0. The van der Waals surface area contributed by atoms with Gasteiger partial charge < -0.3 is 5.73 Å². The number of nitrogens with zero attached hydrogens (tertiary/aromatic N) is 2. The Hall–Kier alpha value is -0.610. The summed E-state index contributed by atoms with van der Waals surface area (Å²) in [5.74, 6) is 0.575. The highest BCUT2D eigenvalue weighted by atomic mass is 16.1. The standard InChI is InChI=1S/C19H35N3O/c1-19(18(20)23,15-16-7-3-2-4-8-16)22-13-11-21(12-14-22)17-9-5-6-10-17/h16-17H,2-15H2,1H3,(H2,20,23). The molecule has 0 aromatic carbocycles. The first-order valence-electron chi connectivity index (χ1n) is 9.88. The number of carbonyl (C=O) groups excluding carboxylic acids is 1. The van der Waals surface area contributed by atoms with E-state index in [1.807, 2.05) is 0 Å². The van der Waals surface area contributed by atoms with E-state index in [9.17, 15) is 4.79 Å². The number of hydrogen-bond acceptors (Lipinski definition) is 3. The fourth-order valence-electron chi connectivity index (χ4n) is 5.19. The number of hydrogen-bond donors (Lipinski definition) is 1. The van der Waals surface area contributed by atoms with Gasteiger partial charge in [0.05, 0.1) is 5.54 Å². The van der Waals surface area contributed by atoms with Crippen molar-refractivity contribution in [1.29, 1.82) is 0 Å². The van der Waals surface area contributed by atoms with E-state index < -0.39 is 5.54 Å². The quantitative estimate of drug-likeness (QED) is 0.847. The Kier molecular flexibility index (Phi) is 5.63. The molecule has 23 heavy (non-hydrogen) atoms. The van der Waals surface area contributed by atoms with Gasteiger partial charge in [-0.3, -0.25) is 14.6 Å². The first kappa shape index (κ1) is 17.2. The molecule has 4 nitrogen and oxygen atoms in total. The Morgan fingerprint density at radius 3 is 2.09 bits per heavy atom. The van der Waals surface area contributed by atoms with Crippen molar-refractivity contribution < 1.29 is 4.79 Å². The zero-order valence-corrected chi connectivity index (χ0v) is 14.9. The summed E-state index contributed by atoms with van der Waals surface area (Å²) >= 11 is 0. The monoisotopic (exact) mass is 321 g/mol. The zero-order chi connectivity index (χ0) is 16.3. The number of piperazine rings is 1. The van der Waals surface area contributed by atoms with E-state index in [4.69, 9.17) is 5.73 Å². The van der Waals surface area contributed by atoms with Crippen LogP contribution in [0, 0.1) is 5.92 Å². The third-order valence-electron chi connectivity index (χ3n) is 6.80. The molecule has 2 N–H and O–H groups in total. The molecule has 3 aliphatic rings. The van der Waals surface area contributed by atoms with E-state index in [1.54, 1.807) is 0 Å². The van der Waals surface area contributed by atoms with Gasteiger partial charge in [-0.05, 0) is 32.1 Å². The molecule has 0 radical (unpaired) electrons. The molecule has 132 valence electrons. The lowest BCUT2D eigenvalue weighted by atomic mass is 9.78. The van der Waals surface area contributed by atoms with E-state index in [0.29, 0.717) is 5.92 Å². The molecule has 3 fully saturated rings. The summed E-state index contributed by atoms with van der Waals surface area (Å²) in [4.78, 5) is 17.4. The van der Waals surface area contributed by atoms with E-state index in [0.717, 1.165) is 38.6 Å². The van der Waals surface area contributed by atoms with Crippen LogP contribution >= 0.6 is 0 Å². The maximum atomic E-state index is 12.3. The van der Waals surface area contributed by atoms with E-state index >= 15 is 0 Å². The smallest absolute Gasteiger partial charge is 0.237 e. The molecule has 0 bridgehead atoms. The van der Waals surface area contributed by atoms with Gasteiger partial charge in [-0.1, -0.05) is 44.9 Å². The minimum atomic E-state index is -0.441. The molecule has 2 saturated carbocycles. The van der Waals surface area contributed by atoms with Crippen molar-refractivity contribution in [2.24, 2.45) is 11.7 Å². The van der Waals surface area contributed by atoms with Crippen molar-refractivity contribution in [1.82, 2.24) is 9.80 Å². The molecular weight excluding hydrogens is 286 g/mol. The van der Waals surface area contributed by atoms with E-state index in [1.165, 1.54) is 57.8 Å². The van der Waals surface area contributed by atoms with Crippen LogP contribution in [0.2, 0.25) is 0 Å². The summed E-state index contributed by atoms with van der Waals surface area (Å²) in [5, 5.41) is 0. The van der Waals surface area contributed by atoms with Crippen LogP contribution in [0.15, 0.2) is 0 Å². The van der Waals surface area contributed by atoms with Crippen LogP contribution < -0.4 is 5.73 Å². The lowest BCUT2D eigenvalue weighted by molar-refractivity contribution is -0.132. The maximum Gasteiger partial charge on any atom is 0.237 e. The lowest BCUT2D eigenvalue weighted by Gasteiger charge is -2.47. The minimum Gasteiger partial charge on any atom is -0.368 e. The SMILES string of the molecule is CC(CC1CCCCC1)(C(N)=O)N1CCN(C2CCCC2)CC1. The first-order chi connectivity index (χ1) is 11.1. The average molecular weight is 322 g/mol. The van der Waals surface area contributed by atoms with E-state index in [2.05, 4.69) is 16.7 Å². The molecule has 1 saturated heterocycles. The van der Waals surface area contributed by atoms with Crippen molar-refractivity contribution in [3.8, 4) is 0 Å². The molecule has 1 heterocycles. The minimum absolute atomic E-state index is 0.114. The highest BCUT2D eigenvalue weighted by Gasteiger charge is 2.41. The van der Waals surface area contributed by atoms with Gasteiger partial charge in [-0.15, -0.1) is 0 Å². The van der Waals surface area contributed by atoms with Gasteiger partial charge in [0.2, 0.25) is 5.91 Å². The van der Waals surface area contributed by atoms with Gasteiger partial charge in [0, 0.05) is 32.2 Å². The Bertz CT molecular complexity index is 393. The normalized spacial score (nSPS) is 28.7. The number of carbonyl (C=O) groups is 1. The zero-order valence-electron chi connectivity index (χ0n) is 14.9. The molecule has 4 heteroatoms. The second-order valence-electron chi connectivity index (χ2n) is 8.31. The largest absolute Gasteiger partial charge is 0.368 e. The van der Waals surface area contributed by atoms with Gasteiger partial charge in [-0.2, -0.15) is 0 Å². The van der Waals surface area contributed by atoms with E-state index in [-0.39, 0.29) is 5.91 Å². The number of amides is 1. The molecule has 0 aromatic rings. The number of nitrogens with two attached hydrogens (primary N) is 1. The molecule has 2 aliphatic carbocycles. The second kappa shape index (κ2) is 7.52. The summed E-state index contributed by atoms with van der Waals surface area (Å²) in [6.45, 7) is 6.33. The van der Waals surface area contributed by atoms with Gasteiger partial charge in [0.1, 0.15) is 0 Å². The third kappa shape index (κ3) is 3.90. The predicted molar refractivity (Wildman–Crippen MR) is 94.2 cm³/mol. The van der Waals surface area contributed by atoms with Gasteiger partial charge in [-0.25, -0.2) is 0 Å². The topological polar surface area (TPSA) is 49.6 Å². The molecular formula is C19H35N3O. The highest BCUT2D eigenvalue weighted by Crippen LogP contribution is 2.34. The van der Waals surface area contributed by atoms with Gasteiger partial charge >= 0.3 is 0 Å². The molecule has 0 aromatic heterocycles. The van der Waals surface area contributed by atoms with Crippen molar-refractivity contribution in [3.63, 3.8) is 0 Å². The fourth-order valence-corrected chi connectivity index (χ4v) is 5.19. The number of rotatable bonds is 5. The van der Waals surface area contributed by atoms with Gasteiger partial charge in [0.25, 0.3) is 0 Å². The molecule has 0 spiro atoms. The van der Waals surface area contributed by atoms with Crippen LogP contribution in [-0.2, 0) is 4.79 Å². The lowest BCUT2D eigenvalue weighted by Crippen LogP contribution is -2.62. The predicted octanol–water partition coefficient (Wildman–Crippen LogP) is 2.76. The van der Waals surface area contributed by atoms with Crippen LogP contribution in [0.4, 0.5) is 0 Å². The Balaban J connectivity index is 1.58. The second-order valence-corrected chi connectivity index (χ2v) is 8.31. The highest BCUT2D eigenvalue weighted by molar-refractivity contribution is 5.84. The summed E-state index contributed by atoms with van der Waals surface area (Å²) in [5.41, 5.74) is 5.44. The maximum absolute atomic E-state index is 12.3. The Morgan fingerprint density at radius 2 is 1.52 bits per heavy atom. The molecule has 1 amide bonds. The van der Waals surface area contributed by atoms with Crippen molar-refractivity contribution in [2.45, 2.75) is 82.7 Å². The van der Waals surface area contributed by atoms with Crippen molar-refractivity contribution >= 4 is 5.91 Å². The van der Waals surface area contributed by atoms with Crippen molar-refractivity contribution in [3.05, 3.63) is 0 Å². The molecule has 1 atom stereocenters. The molecule has 3 rings (SSSR count). The van der Waals surface area contributed by atoms with Crippen LogP contribution in [-0.4, -0.2) is 53.5 Å². The van der Waals surface area contributed by atoms with Crippen LogP contribution in [0.5, 0.6) is 0 Å².